The van der Waals surface area contributed by atoms with Crippen LogP contribution in [0.1, 0.15) is 72.0 Å². The van der Waals surface area contributed by atoms with Crippen LogP contribution in [0.25, 0.3) is 0 Å². The van der Waals surface area contributed by atoms with Crippen molar-refractivity contribution >= 4 is 56.7 Å². The van der Waals surface area contributed by atoms with Crippen LogP contribution < -0.4 is 0 Å². The lowest BCUT2D eigenvalue weighted by atomic mass is 9.51. The van der Waals surface area contributed by atoms with Crippen molar-refractivity contribution in [1.82, 2.24) is 0 Å². The van der Waals surface area contributed by atoms with E-state index in [1.807, 2.05) is 26.0 Å². The normalized spacial score (nSPS) is 43.6. The number of carbonyl (C=O) groups is 3. The molecule has 10 heteroatoms. The van der Waals surface area contributed by atoms with E-state index < -0.39 is 52.1 Å². The molecule has 1 spiro atoms. The van der Waals surface area contributed by atoms with E-state index in [1.165, 1.54) is 0 Å². The molecular weight excluding hydrogens is 587 g/mol. The van der Waals surface area contributed by atoms with E-state index in [0.29, 0.717) is 36.0 Å². The Morgan fingerprint density at radius 2 is 1.89 bits per heavy atom. The molecule has 3 saturated heterocycles. The summed E-state index contributed by atoms with van der Waals surface area (Å²) in [6, 6.07) is 3.77. The van der Waals surface area contributed by atoms with Gasteiger partial charge in [0.15, 0.2) is 11.6 Å². The number of rotatable bonds is 4. The van der Waals surface area contributed by atoms with Gasteiger partial charge in [-0.3, -0.25) is 14.4 Å². The molecular formula is C27H29BrCl2O7. The molecule has 7 nitrogen and oxygen atoms in total. The third-order valence-corrected chi connectivity index (χ3v) is 11.5. The minimum atomic E-state index is -1.24. The fraction of sp³-hybridized carbons (Fsp3) is 0.667. The summed E-state index contributed by atoms with van der Waals surface area (Å²) in [4.78, 5) is 38.0. The number of ketones is 2. The first-order chi connectivity index (χ1) is 17.3. The van der Waals surface area contributed by atoms with Crippen LogP contribution >= 0.6 is 39.1 Å². The summed E-state index contributed by atoms with van der Waals surface area (Å²) in [5, 5.41) is 21.7. The predicted molar refractivity (Wildman–Crippen MR) is 138 cm³/mol. The SMILES string of the molecule is Cc1c([C@@H](C(Cl)Cl)[C@H](O)[C@H]2C[C@@H](C)C(=O)O2)ccc2c1C(=O)[C@H]1[C@H]2C[C@H](Br)[C@]23O[C@H](C[C@]12C)[C@H](O)C3=O. The highest BCUT2D eigenvalue weighted by Crippen LogP contribution is 2.69. The molecule has 0 amide bonds. The van der Waals surface area contributed by atoms with Crippen LogP contribution in [0.15, 0.2) is 12.1 Å². The average Bonchev–Trinajstić information content (AvgIpc) is 3.50. The summed E-state index contributed by atoms with van der Waals surface area (Å²) < 4.78 is 11.6. The van der Waals surface area contributed by atoms with Crippen LogP contribution in [-0.2, 0) is 19.1 Å². The molecule has 1 saturated carbocycles. The second-order valence-corrected chi connectivity index (χ2v) is 14.0. The van der Waals surface area contributed by atoms with Crippen molar-refractivity contribution in [2.24, 2.45) is 17.3 Å². The quantitative estimate of drug-likeness (QED) is 0.392. The number of benzene rings is 1. The van der Waals surface area contributed by atoms with Crippen molar-refractivity contribution in [3.8, 4) is 0 Å². The van der Waals surface area contributed by atoms with Crippen molar-refractivity contribution in [3.63, 3.8) is 0 Å². The molecule has 2 bridgehead atoms. The number of Topliss-reactive ketones (excluding diaryl/α,β-unsaturated/α-hetero) is 2. The van der Waals surface area contributed by atoms with Crippen molar-refractivity contribution in [2.45, 2.75) is 91.5 Å². The lowest BCUT2D eigenvalue weighted by Crippen LogP contribution is -2.65. The van der Waals surface area contributed by atoms with Gasteiger partial charge in [-0.25, -0.2) is 0 Å². The predicted octanol–water partition coefficient (Wildman–Crippen LogP) is 3.74. The topological polar surface area (TPSA) is 110 Å². The zero-order valence-electron chi connectivity index (χ0n) is 20.6. The standard InChI is InChI=1S/C27H29BrCl2O7/c1-9-6-14(36-25(9)35)20(31)18(24(29)30)11-4-5-12-13-7-16(28)27-23(34)21(32)15(37-27)8-26(27,3)19(13)22(33)17(12)10(11)2/h4-5,9,13-16,18-21,24,31-32H,6-8H2,1-3H3/t9-,13+,14-,15-,16+,18-,19-,20-,21+,26-,27-/m1/s1. The van der Waals surface area contributed by atoms with Gasteiger partial charge in [0, 0.05) is 22.8 Å². The summed E-state index contributed by atoms with van der Waals surface area (Å²) in [5.74, 6) is -2.48. The van der Waals surface area contributed by atoms with E-state index in [-0.39, 0.29) is 34.2 Å². The molecule has 2 N–H and O–H groups in total. The van der Waals surface area contributed by atoms with Crippen molar-refractivity contribution in [1.29, 1.82) is 0 Å². The molecule has 200 valence electrons. The zero-order chi connectivity index (χ0) is 26.8. The highest BCUT2D eigenvalue weighted by molar-refractivity contribution is 9.09. The van der Waals surface area contributed by atoms with Crippen LogP contribution in [0.3, 0.4) is 0 Å². The second-order valence-electron chi connectivity index (χ2n) is 11.7. The minimum absolute atomic E-state index is 0.0612. The number of hydrogen-bond acceptors (Lipinski definition) is 7. The second kappa shape index (κ2) is 8.48. The fourth-order valence-electron chi connectivity index (χ4n) is 8.15. The number of halogens is 3. The Labute approximate surface area is 233 Å². The third kappa shape index (κ3) is 3.20. The van der Waals surface area contributed by atoms with Gasteiger partial charge in [0.05, 0.1) is 16.8 Å². The lowest BCUT2D eigenvalue weighted by Gasteiger charge is -2.53. The summed E-state index contributed by atoms with van der Waals surface area (Å²) in [6.45, 7) is 5.52. The molecule has 0 unspecified atom stereocenters. The number of alkyl halides is 3. The van der Waals surface area contributed by atoms with Gasteiger partial charge in [0.1, 0.15) is 28.7 Å². The molecule has 3 heterocycles. The van der Waals surface area contributed by atoms with Gasteiger partial charge >= 0.3 is 5.97 Å². The Hall–Kier alpha value is -1.03. The largest absolute Gasteiger partial charge is 0.459 e. The van der Waals surface area contributed by atoms with Crippen LogP contribution in [-0.4, -0.2) is 67.4 Å². The molecule has 11 atom stereocenters. The fourth-order valence-corrected chi connectivity index (χ4v) is 9.98. The van der Waals surface area contributed by atoms with E-state index in [1.54, 1.807) is 6.92 Å². The summed E-state index contributed by atoms with van der Waals surface area (Å²) in [7, 11) is 0. The highest BCUT2D eigenvalue weighted by atomic mass is 79.9. The molecule has 37 heavy (non-hydrogen) atoms. The van der Waals surface area contributed by atoms with Crippen LogP contribution in [0.4, 0.5) is 0 Å². The minimum Gasteiger partial charge on any atom is -0.459 e. The van der Waals surface area contributed by atoms with Gasteiger partial charge in [-0.1, -0.05) is 41.9 Å². The highest BCUT2D eigenvalue weighted by Gasteiger charge is 2.78. The summed E-state index contributed by atoms with van der Waals surface area (Å²) in [5.41, 5.74) is 0.777. The monoisotopic (exact) mass is 614 g/mol. The van der Waals surface area contributed by atoms with Gasteiger partial charge in [-0.15, -0.1) is 23.2 Å². The molecule has 5 aliphatic rings. The molecule has 2 aliphatic carbocycles. The number of aliphatic hydroxyl groups excluding tert-OH is 2. The first-order valence-corrected chi connectivity index (χ1v) is 14.5. The number of cyclic esters (lactones) is 1. The van der Waals surface area contributed by atoms with Crippen molar-refractivity contribution in [2.75, 3.05) is 0 Å². The maximum atomic E-state index is 14.2. The van der Waals surface area contributed by atoms with E-state index in [2.05, 4.69) is 15.9 Å². The number of aliphatic hydroxyl groups is 2. The van der Waals surface area contributed by atoms with Gasteiger partial charge in [-0.2, -0.15) is 0 Å². The Morgan fingerprint density at radius 1 is 1.19 bits per heavy atom. The number of carbonyl (C=O) groups excluding carboxylic acids is 3. The average molecular weight is 616 g/mol. The zero-order valence-corrected chi connectivity index (χ0v) is 23.7. The molecule has 6 rings (SSSR count). The van der Waals surface area contributed by atoms with Gasteiger partial charge < -0.3 is 19.7 Å². The van der Waals surface area contributed by atoms with Crippen LogP contribution in [0.5, 0.6) is 0 Å². The molecule has 3 aliphatic heterocycles. The van der Waals surface area contributed by atoms with Crippen LogP contribution in [0, 0.1) is 24.2 Å². The molecule has 1 aromatic rings. The number of ether oxygens (including phenoxy) is 2. The number of esters is 1. The lowest BCUT2D eigenvalue weighted by molar-refractivity contribution is -0.150. The first kappa shape index (κ1) is 26.2. The van der Waals surface area contributed by atoms with E-state index >= 15 is 0 Å². The molecule has 0 aromatic heterocycles. The summed E-state index contributed by atoms with van der Waals surface area (Å²) in [6.07, 6.45) is -2.38. The Balaban J connectivity index is 1.40. The van der Waals surface area contributed by atoms with Crippen LogP contribution in [0.2, 0.25) is 0 Å². The smallest absolute Gasteiger partial charge is 0.309 e. The Morgan fingerprint density at radius 3 is 2.49 bits per heavy atom. The van der Waals surface area contributed by atoms with E-state index in [0.717, 1.165) is 5.56 Å². The van der Waals surface area contributed by atoms with Gasteiger partial charge in [-0.05, 0) is 48.8 Å². The molecule has 1 aromatic carbocycles. The van der Waals surface area contributed by atoms with E-state index in [9.17, 15) is 24.6 Å². The van der Waals surface area contributed by atoms with Crippen molar-refractivity contribution < 1.29 is 34.1 Å². The van der Waals surface area contributed by atoms with Gasteiger partial charge in [0.2, 0.25) is 0 Å². The van der Waals surface area contributed by atoms with E-state index in [4.69, 9.17) is 32.7 Å². The van der Waals surface area contributed by atoms with Crippen molar-refractivity contribution in [3.05, 3.63) is 34.4 Å². The third-order valence-electron chi connectivity index (χ3n) is 9.89. The first-order valence-electron chi connectivity index (χ1n) is 12.7. The molecule has 4 fully saturated rings. The maximum absolute atomic E-state index is 14.2. The van der Waals surface area contributed by atoms with Gasteiger partial charge in [0.25, 0.3) is 0 Å². The number of fused-ring (bicyclic) bond motifs is 5. The number of hydrogen-bond donors (Lipinski definition) is 2. The summed E-state index contributed by atoms with van der Waals surface area (Å²) >= 11 is 16.5. The Kier molecular flexibility index (Phi) is 6.01. The Bertz CT molecular complexity index is 1220. The maximum Gasteiger partial charge on any atom is 0.309 e. The molecule has 0 radical (unpaired) electrons.